The van der Waals surface area contributed by atoms with E-state index in [0.717, 1.165) is 12.1 Å². The van der Waals surface area contributed by atoms with Crippen LogP contribution in [0.5, 0.6) is 0 Å². The highest BCUT2D eigenvalue weighted by Gasteiger charge is 2.15. The van der Waals surface area contributed by atoms with Crippen molar-refractivity contribution in [2.45, 2.75) is 13.5 Å². The van der Waals surface area contributed by atoms with Crippen LogP contribution in [0.2, 0.25) is 0 Å². The monoisotopic (exact) mass is 356 g/mol. The van der Waals surface area contributed by atoms with Crippen molar-refractivity contribution in [1.82, 2.24) is 0 Å². The van der Waals surface area contributed by atoms with Gasteiger partial charge in [-0.05, 0) is 40.0 Å². The maximum absolute atomic E-state index is 13.7. The SMILES string of the molecule is Cc1cc(F)c(NCc2cccc([N+](=O)[O-])c2Br)cc1F. The van der Waals surface area contributed by atoms with Crippen molar-refractivity contribution < 1.29 is 13.7 Å². The van der Waals surface area contributed by atoms with Crippen LogP contribution in [0.4, 0.5) is 20.2 Å². The Hall–Kier alpha value is -2.02. The van der Waals surface area contributed by atoms with Gasteiger partial charge in [-0.3, -0.25) is 10.1 Å². The standard InChI is InChI=1S/C14H11BrF2N2O2/c1-8-5-11(17)12(6-10(8)16)18-7-9-3-2-4-13(14(9)15)19(20)21/h2-6,18H,7H2,1H3. The Bertz CT molecular complexity index is 708. The first-order chi connectivity index (χ1) is 9.90. The Morgan fingerprint density at radius 1 is 1.29 bits per heavy atom. The second-order valence-electron chi connectivity index (χ2n) is 4.44. The van der Waals surface area contributed by atoms with Gasteiger partial charge in [-0.25, -0.2) is 8.78 Å². The molecule has 0 aromatic heterocycles. The molecule has 0 spiro atoms. The second-order valence-corrected chi connectivity index (χ2v) is 5.24. The third-order valence-corrected chi connectivity index (χ3v) is 3.89. The Labute approximate surface area is 128 Å². The summed E-state index contributed by atoms with van der Waals surface area (Å²) < 4.78 is 27.4. The van der Waals surface area contributed by atoms with E-state index in [1.807, 2.05) is 0 Å². The summed E-state index contributed by atoms with van der Waals surface area (Å²) in [4.78, 5) is 10.3. The van der Waals surface area contributed by atoms with Crippen molar-refractivity contribution >= 4 is 27.3 Å². The largest absolute Gasteiger partial charge is 0.378 e. The summed E-state index contributed by atoms with van der Waals surface area (Å²) in [5, 5.41) is 13.6. The quantitative estimate of drug-likeness (QED) is 0.645. The predicted octanol–water partition coefficient (Wildman–Crippen LogP) is 4.56. The van der Waals surface area contributed by atoms with Gasteiger partial charge < -0.3 is 5.32 Å². The Balaban J connectivity index is 2.23. The van der Waals surface area contributed by atoms with E-state index in [1.54, 1.807) is 6.07 Å². The first-order valence-corrected chi connectivity index (χ1v) is 6.80. The fourth-order valence-corrected chi connectivity index (χ4v) is 2.37. The minimum absolute atomic E-state index is 0.0107. The summed E-state index contributed by atoms with van der Waals surface area (Å²) in [5.41, 5.74) is 0.723. The van der Waals surface area contributed by atoms with Crippen LogP contribution < -0.4 is 5.32 Å². The van der Waals surface area contributed by atoms with Crippen LogP contribution in [0.3, 0.4) is 0 Å². The van der Waals surface area contributed by atoms with Crippen molar-refractivity contribution in [3.63, 3.8) is 0 Å². The highest BCUT2D eigenvalue weighted by Crippen LogP contribution is 2.29. The molecule has 0 aliphatic carbocycles. The molecule has 0 amide bonds. The number of rotatable bonds is 4. The number of aryl methyl sites for hydroxylation is 1. The second kappa shape index (κ2) is 6.17. The minimum Gasteiger partial charge on any atom is -0.378 e. The number of anilines is 1. The third-order valence-electron chi connectivity index (χ3n) is 2.97. The van der Waals surface area contributed by atoms with E-state index < -0.39 is 16.6 Å². The zero-order valence-corrected chi connectivity index (χ0v) is 12.6. The number of hydrogen-bond acceptors (Lipinski definition) is 3. The molecule has 110 valence electrons. The third kappa shape index (κ3) is 3.36. The predicted molar refractivity (Wildman–Crippen MR) is 79.2 cm³/mol. The lowest BCUT2D eigenvalue weighted by molar-refractivity contribution is -0.385. The molecule has 1 N–H and O–H groups in total. The van der Waals surface area contributed by atoms with Crippen LogP contribution in [0.15, 0.2) is 34.8 Å². The summed E-state index contributed by atoms with van der Waals surface area (Å²) in [5.74, 6) is -1.09. The van der Waals surface area contributed by atoms with Crippen LogP contribution in [0, 0.1) is 28.7 Å². The van der Waals surface area contributed by atoms with Gasteiger partial charge in [0, 0.05) is 18.7 Å². The summed E-state index contributed by atoms with van der Waals surface area (Å²) in [7, 11) is 0. The van der Waals surface area contributed by atoms with Crippen molar-refractivity contribution in [3.8, 4) is 0 Å². The molecule has 0 fully saturated rings. The van der Waals surface area contributed by atoms with Crippen LogP contribution in [-0.4, -0.2) is 4.92 Å². The molecule has 0 saturated heterocycles. The molecule has 4 nitrogen and oxygen atoms in total. The fraction of sp³-hybridized carbons (Fsp3) is 0.143. The van der Waals surface area contributed by atoms with Gasteiger partial charge in [0.1, 0.15) is 16.1 Å². The van der Waals surface area contributed by atoms with E-state index in [-0.39, 0.29) is 23.5 Å². The average molecular weight is 357 g/mol. The minimum atomic E-state index is -0.574. The number of nitro benzene ring substituents is 1. The molecule has 7 heteroatoms. The highest BCUT2D eigenvalue weighted by molar-refractivity contribution is 9.10. The zero-order valence-electron chi connectivity index (χ0n) is 11.0. The van der Waals surface area contributed by atoms with E-state index in [2.05, 4.69) is 21.2 Å². The van der Waals surface area contributed by atoms with Gasteiger partial charge in [0.05, 0.1) is 10.6 Å². The van der Waals surface area contributed by atoms with Crippen molar-refractivity contribution in [3.05, 3.63) is 67.7 Å². The maximum atomic E-state index is 13.7. The van der Waals surface area contributed by atoms with Crippen LogP contribution >= 0.6 is 15.9 Å². The molecule has 2 rings (SSSR count). The van der Waals surface area contributed by atoms with E-state index in [9.17, 15) is 18.9 Å². The Morgan fingerprint density at radius 2 is 2.00 bits per heavy atom. The van der Waals surface area contributed by atoms with Gasteiger partial charge in [0.2, 0.25) is 0 Å². The summed E-state index contributed by atoms with van der Waals surface area (Å²) in [6.45, 7) is 1.60. The molecule has 0 heterocycles. The van der Waals surface area contributed by atoms with Gasteiger partial charge in [0.25, 0.3) is 5.69 Å². The van der Waals surface area contributed by atoms with Crippen LogP contribution in [0.25, 0.3) is 0 Å². The van der Waals surface area contributed by atoms with Crippen molar-refractivity contribution in [2.24, 2.45) is 0 Å². The lowest BCUT2D eigenvalue weighted by Crippen LogP contribution is -2.04. The molecule has 0 saturated carbocycles. The summed E-state index contributed by atoms with van der Waals surface area (Å²) >= 11 is 3.15. The number of nitrogens with one attached hydrogen (secondary N) is 1. The summed E-state index contributed by atoms with van der Waals surface area (Å²) in [6, 6.07) is 6.72. The van der Waals surface area contributed by atoms with Gasteiger partial charge >= 0.3 is 0 Å². The smallest absolute Gasteiger partial charge is 0.283 e. The number of nitro groups is 1. The molecule has 0 aliphatic rings. The topological polar surface area (TPSA) is 55.2 Å². The van der Waals surface area contributed by atoms with Crippen molar-refractivity contribution in [2.75, 3.05) is 5.32 Å². The molecule has 0 bridgehead atoms. The van der Waals surface area contributed by atoms with Gasteiger partial charge in [-0.1, -0.05) is 12.1 Å². The van der Waals surface area contributed by atoms with E-state index in [0.29, 0.717) is 10.0 Å². The lowest BCUT2D eigenvalue weighted by atomic mass is 10.1. The highest BCUT2D eigenvalue weighted by atomic mass is 79.9. The number of benzene rings is 2. The average Bonchev–Trinajstić information content (AvgIpc) is 2.42. The maximum Gasteiger partial charge on any atom is 0.283 e. The number of halogens is 3. The molecular weight excluding hydrogens is 346 g/mol. The van der Waals surface area contributed by atoms with Gasteiger partial charge in [0.15, 0.2) is 0 Å². The molecule has 0 atom stereocenters. The zero-order chi connectivity index (χ0) is 15.6. The normalized spacial score (nSPS) is 10.5. The van der Waals surface area contributed by atoms with E-state index >= 15 is 0 Å². The fourth-order valence-electron chi connectivity index (χ4n) is 1.82. The first-order valence-electron chi connectivity index (χ1n) is 6.01. The molecular formula is C14H11BrF2N2O2. The molecule has 21 heavy (non-hydrogen) atoms. The molecule has 2 aromatic carbocycles. The molecule has 0 radical (unpaired) electrons. The lowest BCUT2D eigenvalue weighted by Gasteiger charge is -2.10. The molecule has 0 unspecified atom stereocenters. The van der Waals surface area contributed by atoms with Gasteiger partial charge in [-0.15, -0.1) is 0 Å². The van der Waals surface area contributed by atoms with Crippen LogP contribution in [0.1, 0.15) is 11.1 Å². The molecule has 0 aliphatic heterocycles. The Morgan fingerprint density at radius 3 is 2.67 bits per heavy atom. The van der Waals surface area contributed by atoms with Gasteiger partial charge in [-0.2, -0.15) is 0 Å². The van der Waals surface area contributed by atoms with E-state index in [1.165, 1.54) is 19.1 Å². The van der Waals surface area contributed by atoms with Crippen LogP contribution in [-0.2, 0) is 6.54 Å². The molecule has 2 aromatic rings. The summed E-state index contributed by atoms with van der Waals surface area (Å²) in [6.07, 6.45) is 0. The number of hydrogen-bond donors (Lipinski definition) is 1. The van der Waals surface area contributed by atoms with Crippen molar-refractivity contribution in [1.29, 1.82) is 0 Å². The number of nitrogens with zero attached hydrogens (tertiary/aromatic N) is 1. The first kappa shape index (κ1) is 15.4. The van der Waals surface area contributed by atoms with E-state index in [4.69, 9.17) is 0 Å². The Kier molecular flexibility index (Phi) is 4.52.